The molecule has 138 valence electrons. The molecular formula is C18H14BrFN4O3. The molecule has 0 aliphatic carbocycles. The second-order valence-electron chi connectivity index (χ2n) is 5.48. The Bertz CT molecular complexity index is 983. The molecule has 2 aromatic carbocycles. The summed E-state index contributed by atoms with van der Waals surface area (Å²) in [5.41, 5.74) is 0.658. The van der Waals surface area contributed by atoms with Crippen LogP contribution >= 0.6 is 15.9 Å². The van der Waals surface area contributed by atoms with Crippen molar-refractivity contribution in [3.8, 4) is 11.6 Å². The van der Waals surface area contributed by atoms with Crippen molar-refractivity contribution in [3.05, 3.63) is 74.8 Å². The van der Waals surface area contributed by atoms with Crippen LogP contribution in [0.1, 0.15) is 12.5 Å². The fourth-order valence-corrected chi connectivity index (χ4v) is 2.65. The highest BCUT2D eigenvalue weighted by Crippen LogP contribution is 2.36. The summed E-state index contributed by atoms with van der Waals surface area (Å²) in [6.45, 7) is 2.02. The van der Waals surface area contributed by atoms with Crippen LogP contribution in [0.25, 0.3) is 0 Å². The van der Waals surface area contributed by atoms with Crippen molar-refractivity contribution in [1.29, 1.82) is 0 Å². The predicted molar refractivity (Wildman–Crippen MR) is 102 cm³/mol. The van der Waals surface area contributed by atoms with Crippen LogP contribution in [0.3, 0.4) is 0 Å². The molecule has 0 fully saturated rings. The van der Waals surface area contributed by atoms with Gasteiger partial charge < -0.3 is 10.1 Å². The highest BCUT2D eigenvalue weighted by atomic mass is 79.9. The molecule has 0 unspecified atom stereocenters. The standard InChI is InChI=1S/C18H14BrFN4O3/c1-2-11-3-6-13(7-4-11)27-18-16(24(25)26)17(21-10-22-18)23-15-8-5-12(19)9-14(15)20/h3-10H,2H2,1H3,(H,21,22,23). The van der Waals surface area contributed by atoms with Crippen molar-refractivity contribution in [2.24, 2.45) is 0 Å². The van der Waals surface area contributed by atoms with Crippen molar-refractivity contribution in [3.63, 3.8) is 0 Å². The SMILES string of the molecule is CCc1ccc(Oc2ncnc(Nc3ccc(Br)cc3F)c2[N+](=O)[O-])cc1. The van der Waals surface area contributed by atoms with E-state index in [0.717, 1.165) is 18.3 Å². The number of nitrogens with one attached hydrogen (secondary N) is 1. The molecule has 3 aromatic rings. The number of nitrogens with zero attached hydrogens (tertiary/aromatic N) is 3. The van der Waals surface area contributed by atoms with Crippen LogP contribution in [0.4, 0.5) is 21.6 Å². The van der Waals surface area contributed by atoms with E-state index in [4.69, 9.17) is 4.74 Å². The van der Waals surface area contributed by atoms with Gasteiger partial charge in [-0.15, -0.1) is 0 Å². The molecule has 9 heteroatoms. The summed E-state index contributed by atoms with van der Waals surface area (Å²) >= 11 is 3.16. The molecule has 27 heavy (non-hydrogen) atoms. The molecule has 1 heterocycles. The molecule has 0 aliphatic rings. The Kier molecular flexibility index (Phi) is 5.60. The van der Waals surface area contributed by atoms with E-state index in [2.05, 4.69) is 31.2 Å². The van der Waals surface area contributed by atoms with E-state index in [1.165, 1.54) is 12.1 Å². The largest absolute Gasteiger partial charge is 0.434 e. The highest BCUT2D eigenvalue weighted by molar-refractivity contribution is 9.10. The number of hydrogen-bond acceptors (Lipinski definition) is 6. The molecule has 0 atom stereocenters. The number of nitro groups is 1. The molecule has 0 amide bonds. The van der Waals surface area contributed by atoms with Crippen molar-refractivity contribution < 1.29 is 14.1 Å². The summed E-state index contributed by atoms with van der Waals surface area (Å²) in [6, 6.07) is 11.4. The Balaban J connectivity index is 1.95. The predicted octanol–water partition coefficient (Wildman–Crippen LogP) is 5.38. The fraction of sp³-hybridized carbons (Fsp3) is 0.111. The van der Waals surface area contributed by atoms with Gasteiger partial charge in [0.1, 0.15) is 17.9 Å². The van der Waals surface area contributed by atoms with Gasteiger partial charge in [0.05, 0.1) is 10.6 Å². The van der Waals surface area contributed by atoms with E-state index in [-0.39, 0.29) is 17.4 Å². The maximum atomic E-state index is 14.1. The summed E-state index contributed by atoms with van der Waals surface area (Å²) in [6.07, 6.45) is 1.97. The summed E-state index contributed by atoms with van der Waals surface area (Å²) in [7, 11) is 0. The van der Waals surface area contributed by atoms with E-state index in [1.54, 1.807) is 18.2 Å². The first-order chi connectivity index (χ1) is 13.0. The minimum absolute atomic E-state index is 0.0400. The third kappa shape index (κ3) is 4.37. The van der Waals surface area contributed by atoms with Gasteiger partial charge in [-0.1, -0.05) is 35.0 Å². The average molecular weight is 433 g/mol. The molecule has 1 N–H and O–H groups in total. The van der Waals surface area contributed by atoms with Gasteiger partial charge in [-0.05, 0) is 42.3 Å². The third-order valence-electron chi connectivity index (χ3n) is 3.70. The van der Waals surface area contributed by atoms with Gasteiger partial charge in [-0.25, -0.2) is 9.37 Å². The lowest BCUT2D eigenvalue weighted by atomic mass is 10.2. The van der Waals surface area contributed by atoms with Crippen LogP contribution in [0.5, 0.6) is 11.6 Å². The lowest BCUT2D eigenvalue weighted by Gasteiger charge is -2.10. The maximum absolute atomic E-state index is 14.1. The van der Waals surface area contributed by atoms with E-state index >= 15 is 0 Å². The fourth-order valence-electron chi connectivity index (χ4n) is 2.32. The van der Waals surface area contributed by atoms with E-state index < -0.39 is 16.4 Å². The second kappa shape index (κ2) is 8.09. The van der Waals surface area contributed by atoms with Gasteiger partial charge in [0.2, 0.25) is 5.82 Å². The normalized spacial score (nSPS) is 10.5. The van der Waals surface area contributed by atoms with Gasteiger partial charge in [-0.2, -0.15) is 4.98 Å². The average Bonchev–Trinajstić information content (AvgIpc) is 2.64. The number of aromatic nitrogens is 2. The zero-order valence-electron chi connectivity index (χ0n) is 14.1. The zero-order valence-corrected chi connectivity index (χ0v) is 15.7. The number of benzene rings is 2. The molecule has 0 saturated carbocycles. The molecule has 0 saturated heterocycles. The van der Waals surface area contributed by atoms with Gasteiger partial charge >= 0.3 is 11.6 Å². The van der Waals surface area contributed by atoms with Gasteiger partial charge in [0.15, 0.2) is 0 Å². The Morgan fingerprint density at radius 3 is 2.59 bits per heavy atom. The first-order valence-electron chi connectivity index (χ1n) is 7.96. The van der Waals surface area contributed by atoms with Gasteiger partial charge in [0.25, 0.3) is 0 Å². The van der Waals surface area contributed by atoms with E-state index in [0.29, 0.717) is 10.2 Å². The van der Waals surface area contributed by atoms with Crippen molar-refractivity contribution in [2.75, 3.05) is 5.32 Å². The minimum atomic E-state index is -0.672. The van der Waals surface area contributed by atoms with Crippen LogP contribution in [0, 0.1) is 15.9 Å². The van der Waals surface area contributed by atoms with Gasteiger partial charge in [-0.3, -0.25) is 10.1 Å². The smallest absolute Gasteiger partial charge is 0.373 e. The molecule has 0 radical (unpaired) electrons. The number of halogens is 2. The van der Waals surface area contributed by atoms with E-state index in [1.807, 2.05) is 19.1 Å². The first-order valence-corrected chi connectivity index (χ1v) is 8.75. The van der Waals surface area contributed by atoms with Crippen molar-refractivity contribution >= 4 is 33.1 Å². The molecule has 0 aliphatic heterocycles. The Morgan fingerprint density at radius 2 is 1.96 bits per heavy atom. The lowest BCUT2D eigenvalue weighted by molar-refractivity contribution is -0.385. The molecule has 7 nitrogen and oxygen atoms in total. The monoisotopic (exact) mass is 432 g/mol. The minimum Gasteiger partial charge on any atom is -0.434 e. The van der Waals surface area contributed by atoms with Crippen molar-refractivity contribution in [1.82, 2.24) is 9.97 Å². The first kappa shape index (κ1) is 18.7. The number of ether oxygens (including phenoxy) is 1. The van der Waals surface area contributed by atoms with Crippen LogP contribution in [-0.2, 0) is 6.42 Å². The molecule has 0 bridgehead atoms. The Morgan fingerprint density at radius 1 is 1.22 bits per heavy atom. The van der Waals surface area contributed by atoms with Crippen LogP contribution < -0.4 is 10.1 Å². The van der Waals surface area contributed by atoms with Crippen LogP contribution in [0.2, 0.25) is 0 Å². The Labute approximate surface area is 162 Å². The van der Waals surface area contributed by atoms with Crippen LogP contribution in [0.15, 0.2) is 53.3 Å². The number of aryl methyl sites for hydroxylation is 1. The number of hydrogen-bond donors (Lipinski definition) is 1. The maximum Gasteiger partial charge on any atom is 0.373 e. The van der Waals surface area contributed by atoms with Crippen molar-refractivity contribution in [2.45, 2.75) is 13.3 Å². The third-order valence-corrected chi connectivity index (χ3v) is 4.19. The summed E-state index contributed by atoms with van der Waals surface area (Å²) in [5.74, 6) is -0.597. The number of anilines is 2. The summed E-state index contributed by atoms with van der Waals surface area (Å²) in [4.78, 5) is 18.6. The molecule has 0 spiro atoms. The summed E-state index contributed by atoms with van der Waals surface area (Å²) in [5, 5.41) is 14.2. The second-order valence-corrected chi connectivity index (χ2v) is 6.40. The number of rotatable bonds is 6. The summed E-state index contributed by atoms with van der Waals surface area (Å²) < 4.78 is 20.2. The highest BCUT2D eigenvalue weighted by Gasteiger charge is 2.25. The molecular weight excluding hydrogens is 419 g/mol. The van der Waals surface area contributed by atoms with Crippen LogP contribution in [-0.4, -0.2) is 14.9 Å². The van der Waals surface area contributed by atoms with Gasteiger partial charge in [0, 0.05) is 4.47 Å². The molecule has 1 aromatic heterocycles. The topological polar surface area (TPSA) is 90.2 Å². The van der Waals surface area contributed by atoms with E-state index in [9.17, 15) is 14.5 Å². The quantitative estimate of drug-likeness (QED) is 0.415. The Hall–Kier alpha value is -3.07. The zero-order chi connectivity index (χ0) is 19.4. The molecule has 3 rings (SSSR count). The lowest BCUT2D eigenvalue weighted by Crippen LogP contribution is -2.04.